The minimum Gasteiger partial charge on any atom is -0.381 e. The molecule has 1 N–H and O–H groups in total. The molecule has 0 radical (unpaired) electrons. The predicted molar refractivity (Wildman–Crippen MR) is 118 cm³/mol. The molecule has 5 nitrogen and oxygen atoms in total. The van der Waals surface area contributed by atoms with Crippen LogP contribution in [0.4, 0.5) is 0 Å². The lowest BCUT2D eigenvalue weighted by Gasteiger charge is -2.38. The van der Waals surface area contributed by atoms with E-state index in [1.807, 2.05) is 29.6 Å². The Morgan fingerprint density at radius 1 is 1.24 bits per heavy atom. The highest BCUT2D eigenvalue weighted by atomic mass is 79.9. The van der Waals surface area contributed by atoms with Gasteiger partial charge in [0.2, 0.25) is 5.91 Å². The number of amides is 1. The summed E-state index contributed by atoms with van der Waals surface area (Å²) in [5.41, 5.74) is 2.90. The zero-order valence-corrected chi connectivity index (χ0v) is 18.3. The lowest BCUT2D eigenvalue weighted by molar-refractivity contribution is -0.121. The first-order valence-electron chi connectivity index (χ1n) is 9.60. The van der Waals surface area contributed by atoms with Gasteiger partial charge in [-0.15, -0.1) is 11.3 Å². The fourth-order valence-corrected chi connectivity index (χ4v) is 4.86. The van der Waals surface area contributed by atoms with Crippen molar-refractivity contribution in [3.8, 4) is 10.6 Å². The standard InChI is InChI=1S/C22H22BrN3O2S/c23-18-5-1-4-17(11-18)22(6-9-28-10-7-22)15-25-20(27)12-19-14-29-21(26-19)16-3-2-8-24-13-16/h1-5,8,11,13-14H,6-7,9-10,12,15H2,(H,25,27). The fraction of sp³-hybridized carbons (Fsp3) is 0.318. The second-order valence-electron chi connectivity index (χ2n) is 7.24. The maximum Gasteiger partial charge on any atom is 0.226 e. The number of carbonyl (C=O) groups is 1. The van der Waals surface area contributed by atoms with Gasteiger partial charge in [0, 0.05) is 53.0 Å². The molecule has 3 aromatic rings. The van der Waals surface area contributed by atoms with Gasteiger partial charge < -0.3 is 10.1 Å². The zero-order valence-electron chi connectivity index (χ0n) is 15.9. The number of ether oxygens (including phenoxy) is 1. The third-order valence-corrected chi connectivity index (χ3v) is 6.75. The van der Waals surface area contributed by atoms with Crippen LogP contribution in [0.5, 0.6) is 0 Å². The van der Waals surface area contributed by atoms with Gasteiger partial charge in [0.1, 0.15) is 5.01 Å². The van der Waals surface area contributed by atoms with Crippen molar-refractivity contribution in [2.75, 3.05) is 19.8 Å². The first kappa shape index (κ1) is 20.2. The molecular weight excluding hydrogens is 450 g/mol. The zero-order chi connectivity index (χ0) is 20.1. The number of thiazole rings is 1. The minimum absolute atomic E-state index is 0.00565. The van der Waals surface area contributed by atoms with Crippen molar-refractivity contribution in [1.29, 1.82) is 0 Å². The van der Waals surface area contributed by atoms with E-state index in [4.69, 9.17) is 4.74 Å². The Balaban J connectivity index is 1.42. The van der Waals surface area contributed by atoms with Crippen molar-refractivity contribution < 1.29 is 9.53 Å². The molecule has 1 saturated heterocycles. The molecule has 0 aliphatic carbocycles. The van der Waals surface area contributed by atoms with Crippen LogP contribution < -0.4 is 5.32 Å². The van der Waals surface area contributed by atoms with Crippen molar-refractivity contribution >= 4 is 33.2 Å². The second-order valence-corrected chi connectivity index (χ2v) is 9.02. The van der Waals surface area contributed by atoms with Crippen LogP contribution in [0, 0.1) is 0 Å². The smallest absolute Gasteiger partial charge is 0.226 e. The average Bonchev–Trinajstić information content (AvgIpc) is 3.22. The number of halogens is 1. The van der Waals surface area contributed by atoms with E-state index < -0.39 is 0 Å². The molecule has 2 aromatic heterocycles. The molecule has 1 fully saturated rings. The molecule has 0 atom stereocenters. The molecule has 1 aromatic carbocycles. The van der Waals surface area contributed by atoms with Gasteiger partial charge in [-0.1, -0.05) is 28.1 Å². The monoisotopic (exact) mass is 471 g/mol. The molecule has 7 heteroatoms. The molecule has 1 aliphatic heterocycles. The lowest BCUT2D eigenvalue weighted by atomic mass is 9.74. The van der Waals surface area contributed by atoms with Crippen molar-refractivity contribution in [3.05, 3.63) is 69.9 Å². The van der Waals surface area contributed by atoms with Crippen LogP contribution in [0.15, 0.2) is 58.6 Å². The van der Waals surface area contributed by atoms with Gasteiger partial charge in [-0.05, 0) is 42.7 Å². The third kappa shape index (κ3) is 4.91. The van der Waals surface area contributed by atoms with Gasteiger partial charge in [-0.2, -0.15) is 0 Å². The Morgan fingerprint density at radius 2 is 2.10 bits per heavy atom. The Hall–Kier alpha value is -2.09. The Bertz CT molecular complexity index is 971. The summed E-state index contributed by atoms with van der Waals surface area (Å²) >= 11 is 5.10. The number of carbonyl (C=O) groups excluding carboxylic acids is 1. The van der Waals surface area contributed by atoms with E-state index in [0.717, 1.165) is 33.6 Å². The Kier molecular flexibility index (Phi) is 6.37. The van der Waals surface area contributed by atoms with Gasteiger partial charge >= 0.3 is 0 Å². The van der Waals surface area contributed by atoms with Crippen molar-refractivity contribution in [3.63, 3.8) is 0 Å². The molecule has 0 bridgehead atoms. The lowest BCUT2D eigenvalue weighted by Crippen LogP contribution is -2.45. The first-order valence-corrected chi connectivity index (χ1v) is 11.3. The molecule has 0 saturated carbocycles. The number of benzene rings is 1. The first-order chi connectivity index (χ1) is 14.1. The number of aromatic nitrogens is 2. The van der Waals surface area contributed by atoms with Gasteiger partial charge in [-0.3, -0.25) is 9.78 Å². The summed E-state index contributed by atoms with van der Waals surface area (Å²) < 4.78 is 6.64. The number of rotatable bonds is 6. The van der Waals surface area contributed by atoms with Crippen LogP contribution >= 0.6 is 27.3 Å². The maximum atomic E-state index is 12.6. The summed E-state index contributed by atoms with van der Waals surface area (Å²) in [7, 11) is 0. The molecule has 1 aliphatic rings. The summed E-state index contributed by atoms with van der Waals surface area (Å²) in [4.78, 5) is 21.4. The highest BCUT2D eigenvalue weighted by Gasteiger charge is 2.35. The van der Waals surface area contributed by atoms with Crippen LogP contribution in [0.3, 0.4) is 0 Å². The van der Waals surface area contributed by atoms with Gasteiger partial charge in [-0.25, -0.2) is 4.98 Å². The maximum absolute atomic E-state index is 12.6. The SMILES string of the molecule is O=C(Cc1csc(-c2cccnc2)n1)NCC1(c2cccc(Br)c2)CCOCC1. The van der Waals surface area contributed by atoms with E-state index in [1.165, 1.54) is 16.9 Å². The molecule has 0 spiro atoms. The fourth-order valence-electron chi connectivity index (χ4n) is 3.65. The molecular formula is C22H22BrN3O2S. The molecule has 1 amide bonds. The summed E-state index contributed by atoms with van der Waals surface area (Å²) in [6, 6.07) is 12.2. The third-order valence-electron chi connectivity index (χ3n) is 5.31. The normalized spacial score (nSPS) is 15.8. The van der Waals surface area contributed by atoms with Crippen LogP contribution in [0.25, 0.3) is 10.6 Å². The average molecular weight is 472 g/mol. The van der Waals surface area contributed by atoms with Crippen LogP contribution in [-0.4, -0.2) is 35.6 Å². The molecule has 4 rings (SSSR count). The Labute approximate surface area is 182 Å². The summed E-state index contributed by atoms with van der Waals surface area (Å²) in [5.74, 6) is -0.00565. The van der Waals surface area contributed by atoms with E-state index in [2.05, 4.69) is 43.3 Å². The van der Waals surface area contributed by atoms with Crippen LogP contribution in [0.2, 0.25) is 0 Å². The van der Waals surface area contributed by atoms with Crippen LogP contribution in [-0.2, 0) is 21.4 Å². The molecule has 0 unspecified atom stereocenters. The largest absolute Gasteiger partial charge is 0.381 e. The number of hydrogen-bond donors (Lipinski definition) is 1. The summed E-state index contributed by atoms with van der Waals surface area (Å²) in [6.07, 6.45) is 5.59. The minimum atomic E-state index is -0.0966. The van der Waals surface area contributed by atoms with E-state index >= 15 is 0 Å². The summed E-state index contributed by atoms with van der Waals surface area (Å²) in [6.45, 7) is 2.02. The highest BCUT2D eigenvalue weighted by molar-refractivity contribution is 9.10. The highest BCUT2D eigenvalue weighted by Crippen LogP contribution is 2.35. The number of nitrogens with zero attached hydrogens (tertiary/aromatic N) is 2. The summed E-state index contributed by atoms with van der Waals surface area (Å²) in [5, 5.41) is 5.98. The van der Waals surface area contributed by atoms with Gasteiger partial charge in [0.15, 0.2) is 0 Å². The molecule has 150 valence electrons. The molecule has 3 heterocycles. The van der Waals surface area contributed by atoms with Crippen molar-refractivity contribution in [2.45, 2.75) is 24.7 Å². The van der Waals surface area contributed by atoms with Gasteiger partial charge in [0.05, 0.1) is 12.1 Å². The van der Waals surface area contributed by atoms with E-state index in [0.29, 0.717) is 19.8 Å². The Morgan fingerprint density at radius 3 is 2.86 bits per heavy atom. The number of pyridine rings is 1. The topological polar surface area (TPSA) is 64.1 Å². The second kappa shape index (κ2) is 9.15. The van der Waals surface area contributed by atoms with Crippen molar-refractivity contribution in [2.24, 2.45) is 0 Å². The van der Waals surface area contributed by atoms with E-state index in [1.54, 1.807) is 12.4 Å². The quantitative estimate of drug-likeness (QED) is 0.579. The van der Waals surface area contributed by atoms with E-state index in [-0.39, 0.29) is 17.7 Å². The number of nitrogens with one attached hydrogen (secondary N) is 1. The molecule has 29 heavy (non-hydrogen) atoms. The van der Waals surface area contributed by atoms with Crippen molar-refractivity contribution in [1.82, 2.24) is 15.3 Å². The van der Waals surface area contributed by atoms with Crippen LogP contribution in [0.1, 0.15) is 24.1 Å². The predicted octanol–water partition coefficient (Wildman–Crippen LogP) is 4.37. The number of hydrogen-bond acceptors (Lipinski definition) is 5. The van der Waals surface area contributed by atoms with Gasteiger partial charge in [0.25, 0.3) is 0 Å². The van der Waals surface area contributed by atoms with E-state index in [9.17, 15) is 4.79 Å².